The summed E-state index contributed by atoms with van der Waals surface area (Å²) in [4.78, 5) is 2.04. The van der Waals surface area contributed by atoms with Crippen molar-refractivity contribution in [2.24, 2.45) is 0 Å². The van der Waals surface area contributed by atoms with E-state index >= 15 is 0 Å². The van der Waals surface area contributed by atoms with E-state index in [0.717, 1.165) is 11.4 Å². The molecule has 0 radical (unpaired) electrons. The van der Waals surface area contributed by atoms with Crippen molar-refractivity contribution in [1.82, 2.24) is 0 Å². The second kappa shape index (κ2) is 5.80. The fourth-order valence-electron chi connectivity index (χ4n) is 2.32. The molecule has 0 saturated carbocycles. The van der Waals surface area contributed by atoms with Gasteiger partial charge in [-0.05, 0) is 47.5 Å². The zero-order chi connectivity index (χ0) is 14.7. The number of hydrogen-bond acceptors (Lipinski definition) is 1. The molecule has 2 heteroatoms. The Morgan fingerprint density at radius 1 is 0.619 bits per heavy atom. The molecule has 0 aliphatic carbocycles. The highest BCUT2D eigenvalue weighted by atomic mass is 19.1. The summed E-state index contributed by atoms with van der Waals surface area (Å²) in [6.45, 7) is 0. The Morgan fingerprint density at radius 2 is 1.10 bits per heavy atom. The van der Waals surface area contributed by atoms with Gasteiger partial charge in [-0.3, -0.25) is 0 Å². The van der Waals surface area contributed by atoms with Gasteiger partial charge in [0.15, 0.2) is 0 Å². The van der Waals surface area contributed by atoms with Crippen LogP contribution in [0.4, 0.5) is 15.8 Å². The van der Waals surface area contributed by atoms with Gasteiger partial charge in [0.2, 0.25) is 0 Å². The van der Waals surface area contributed by atoms with Crippen LogP contribution < -0.4 is 4.90 Å². The summed E-state index contributed by atoms with van der Waals surface area (Å²) in [6.07, 6.45) is 0. The minimum atomic E-state index is -0.216. The third-order valence-corrected chi connectivity index (χ3v) is 3.58. The molecule has 0 aromatic heterocycles. The fraction of sp³-hybridized carbons (Fsp3) is 0.0526. The molecule has 0 N–H and O–H groups in total. The van der Waals surface area contributed by atoms with Gasteiger partial charge in [-0.1, -0.05) is 42.5 Å². The summed E-state index contributed by atoms with van der Waals surface area (Å²) in [7, 11) is 1.98. The van der Waals surface area contributed by atoms with Crippen LogP contribution in [-0.4, -0.2) is 7.05 Å². The summed E-state index contributed by atoms with van der Waals surface area (Å²) in [5.41, 5.74) is 4.42. The lowest BCUT2D eigenvalue weighted by molar-refractivity contribution is 0.628. The molecular formula is C19H16FN. The summed E-state index contributed by atoms with van der Waals surface area (Å²) >= 11 is 0. The number of benzene rings is 3. The van der Waals surface area contributed by atoms with E-state index in [1.165, 1.54) is 23.3 Å². The zero-order valence-corrected chi connectivity index (χ0v) is 11.8. The van der Waals surface area contributed by atoms with Crippen molar-refractivity contribution in [3.63, 3.8) is 0 Å². The molecule has 0 unspecified atom stereocenters. The largest absolute Gasteiger partial charge is 0.345 e. The minimum absolute atomic E-state index is 0.216. The summed E-state index contributed by atoms with van der Waals surface area (Å²) in [6, 6.07) is 25.1. The Morgan fingerprint density at radius 3 is 1.67 bits per heavy atom. The monoisotopic (exact) mass is 277 g/mol. The van der Waals surface area contributed by atoms with Gasteiger partial charge in [0.1, 0.15) is 5.82 Å². The maximum atomic E-state index is 13.0. The van der Waals surface area contributed by atoms with Crippen LogP contribution in [0.15, 0.2) is 78.9 Å². The van der Waals surface area contributed by atoms with Crippen molar-refractivity contribution in [3.05, 3.63) is 84.7 Å². The first kappa shape index (κ1) is 13.4. The number of rotatable bonds is 3. The first-order valence-corrected chi connectivity index (χ1v) is 6.89. The van der Waals surface area contributed by atoms with Crippen LogP contribution in [0.2, 0.25) is 0 Å². The van der Waals surface area contributed by atoms with Gasteiger partial charge in [0.25, 0.3) is 0 Å². The Kier molecular flexibility index (Phi) is 3.69. The highest BCUT2D eigenvalue weighted by Crippen LogP contribution is 2.27. The number of halogens is 1. The van der Waals surface area contributed by atoms with Gasteiger partial charge < -0.3 is 4.90 Å². The van der Waals surface area contributed by atoms with E-state index in [0.29, 0.717) is 0 Å². The molecule has 0 fully saturated rings. The predicted molar refractivity (Wildman–Crippen MR) is 86.3 cm³/mol. The summed E-state index contributed by atoms with van der Waals surface area (Å²) in [5.74, 6) is -0.216. The van der Waals surface area contributed by atoms with E-state index in [-0.39, 0.29) is 5.82 Å². The third-order valence-electron chi connectivity index (χ3n) is 3.58. The summed E-state index contributed by atoms with van der Waals surface area (Å²) in [5, 5.41) is 0. The Hall–Kier alpha value is -2.61. The molecule has 0 aliphatic heterocycles. The van der Waals surface area contributed by atoms with Crippen molar-refractivity contribution >= 4 is 11.4 Å². The molecular weight excluding hydrogens is 261 g/mol. The highest BCUT2D eigenvalue weighted by molar-refractivity contribution is 5.69. The van der Waals surface area contributed by atoms with Crippen LogP contribution in [0.25, 0.3) is 11.1 Å². The number of nitrogens with zero attached hydrogens (tertiary/aromatic N) is 1. The topological polar surface area (TPSA) is 3.24 Å². The van der Waals surface area contributed by atoms with Crippen molar-refractivity contribution in [3.8, 4) is 11.1 Å². The highest BCUT2D eigenvalue weighted by Gasteiger charge is 2.04. The molecule has 0 spiro atoms. The van der Waals surface area contributed by atoms with Crippen LogP contribution >= 0.6 is 0 Å². The second-order valence-corrected chi connectivity index (χ2v) is 4.95. The molecule has 3 aromatic rings. The van der Waals surface area contributed by atoms with Gasteiger partial charge in [-0.25, -0.2) is 4.39 Å². The third kappa shape index (κ3) is 2.95. The zero-order valence-electron chi connectivity index (χ0n) is 11.8. The van der Waals surface area contributed by atoms with E-state index in [2.05, 4.69) is 36.4 Å². The van der Waals surface area contributed by atoms with E-state index in [9.17, 15) is 4.39 Å². The molecule has 0 aliphatic rings. The fourth-order valence-corrected chi connectivity index (χ4v) is 2.32. The van der Waals surface area contributed by atoms with Gasteiger partial charge in [-0.15, -0.1) is 0 Å². The first-order chi connectivity index (χ1) is 10.2. The van der Waals surface area contributed by atoms with Crippen molar-refractivity contribution in [2.75, 3.05) is 11.9 Å². The standard InChI is InChI=1S/C19H16FN/c1-21(19-13-9-17(20)10-14-19)18-11-7-16(8-12-18)15-5-3-2-4-6-15/h2-14H,1H3. The quantitative estimate of drug-likeness (QED) is 0.631. The lowest BCUT2D eigenvalue weighted by Gasteiger charge is -2.19. The Balaban J connectivity index is 1.85. The number of anilines is 2. The molecule has 1 nitrogen and oxygen atoms in total. The molecule has 0 amide bonds. The Labute approximate surface area is 124 Å². The van der Waals surface area contributed by atoms with Crippen LogP contribution in [-0.2, 0) is 0 Å². The van der Waals surface area contributed by atoms with Gasteiger partial charge in [0, 0.05) is 18.4 Å². The average molecular weight is 277 g/mol. The van der Waals surface area contributed by atoms with Crippen LogP contribution in [0.1, 0.15) is 0 Å². The number of hydrogen-bond donors (Lipinski definition) is 0. The summed E-state index contributed by atoms with van der Waals surface area (Å²) < 4.78 is 13.0. The van der Waals surface area contributed by atoms with Crippen molar-refractivity contribution in [1.29, 1.82) is 0 Å². The average Bonchev–Trinajstić information content (AvgIpc) is 2.56. The molecule has 3 aromatic carbocycles. The Bertz CT molecular complexity index is 703. The lowest BCUT2D eigenvalue weighted by atomic mass is 10.1. The SMILES string of the molecule is CN(c1ccc(F)cc1)c1ccc(-c2ccccc2)cc1. The van der Waals surface area contributed by atoms with Crippen molar-refractivity contribution in [2.45, 2.75) is 0 Å². The second-order valence-electron chi connectivity index (χ2n) is 4.95. The van der Waals surface area contributed by atoms with Gasteiger partial charge in [0.05, 0.1) is 0 Å². The molecule has 0 bridgehead atoms. The molecule has 104 valence electrons. The van der Waals surface area contributed by atoms with Crippen molar-refractivity contribution < 1.29 is 4.39 Å². The smallest absolute Gasteiger partial charge is 0.123 e. The van der Waals surface area contributed by atoms with Crippen LogP contribution in [0, 0.1) is 5.82 Å². The van der Waals surface area contributed by atoms with E-state index in [4.69, 9.17) is 0 Å². The first-order valence-electron chi connectivity index (χ1n) is 6.89. The molecule has 0 saturated heterocycles. The van der Waals surface area contributed by atoms with E-state index in [1.807, 2.05) is 30.1 Å². The maximum absolute atomic E-state index is 13.0. The van der Waals surface area contributed by atoms with E-state index in [1.54, 1.807) is 12.1 Å². The van der Waals surface area contributed by atoms with Crippen LogP contribution in [0.3, 0.4) is 0 Å². The van der Waals surface area contributed by atoms with Gasteiger partial charge >= 0.3 is 0 Å². The van der Waals surface area contributed by atoms with E-state index < -0.39 is 0 Å². The molecule has 21 heavy (non-hydrogen) atoms. The van der Waals surface area contributed by atoms with Crippen LogP contribution in [0.5, 0.6) is 0 Å². The van der Waals surface area contributed by atoms with Gasteiger partial charge in [-0.2, -0.15) is 0 Å². The molecule has 0 heterocycles. The molecule has 3 rings (SSSR count). The normalized spacial score (nSPS) is 10.4. The molecule has 0 atom stereocenters. The predicted octanol–water partition coefficient (Wildman–Crippen LogP) is 5.26. The minimum Gasteiger partial charge on any atom is -0.345 e. The maximum Gasteiger partial charge on any atom is 0.123 e. The lowest BCUT2D eigenvalue weighted by Crippen LogP contribution is -2.09.